The van der Waals surface area contributed by atoms with Crippen LogP contribution in [0.15, 0.2) is 303 Å². The fourth-order valence-corrected chi connectivity index (χ4v) is 15.9. The molecule has 0 spiro atoms. The molecule has 5 heteroatoms. The van der Waals surface area contributed by atoms with Crippen LogP contribution in [0.2, 0.25) is 0 Å². The minimum atomic E-state index is -0.226. The third-order valence-corrected chi connectivity index (χ3v) is 20.0. The Morgan fingerprint density at radius 3 is 0.978 bits per heavy atom. The molecule has 426 valence electrons. The van der Waals surface area contributed by atoms with Crippen molar-refractivity contribution in [2.45, 2.75) is 26.2 Å². The molecule has 0 atom stereocenters. The summed E-state index contributed by atoms with van der Waals surface area (Å²) in [5, 5.41) is 15.1. The van der Waals surface area contributed by atoms with Crippen molar-refractivity contribution in [2.75, 3.05) is 9.80 Å². The molecule has 2 aliphatic heterocycles. The predicted octanol–water partition coefficient (Wildman–Crippen LogP) is 21.2. The van der Waals surface area contributed by atoms with Crippen molar-refractivity contribution in [3.8, 4) is 33.6 Å². The van der Waals surface area contributed by atoms with E-state index in [0.717, 1.165) is 34.1 Å². The van der Waals surface area contributed by atoms with Crippen molar-refractivity contribution in [1.82, 2.24) is 9.13 Å². The molecular weight excluding hydrogens is 1100 g/mol. The Morgan fingerprint density at radius 2 is 0.582 bits per heavy atom. The Morgan fingerprint density at radius 1 is 0.264 bits per heavy atom. The second-order valence-corrected chi connectivity index (χ2v) is 25.9. The first kappa shape index (κ1) is 51.6. The quantitative estimate of drug-likeness (QED) is 0.122. The molecule has 0 amide bonds. The first-order valence-corrected chi connectivity index (χ1v) is 31.9. The van der Waals surface area contributed by atoms with Gasteiger partial charge in [0.25, 0.3) is 6.71 Å². The van der Waals surface area contributed by atoms with Crippen LogP contribution in [-0.2, 0) is 5.41 Å². The first-order chi connectivity index (χ1) is 44.8. The van der Waals surface area contributed by atoms with Gasteiger partial charge in [-0.25, -0.2) is 0 Å². The summed E-state index contributed by atoms with van der Waals surface area (Å²) in [6.07, 6.45) is 0. The summed E-state index contributed by atoms with van der Waals surface area (Å²) in [6, 6.07) is 114. The Kier molecular flexibility index (Phi) is 11.1. The Bertz CT molecular complexity index is 5520. The fraction of sp³-hybridized carbons (Fsp3) is 0.0465. The van der Waals surface area contributed by atoms with Crippen molar-refractivity contribution < 1.29 is 0 Å². The van der Waals surface area contributed by atoms with Crippen molar-refractivity contribution in [3.63, 3.8) is 0 Å². The monoisotopic (exact) mass is 1160 g/mol. The average Bonchev–Trinajstić information content (AvgIpc) is 1.40. The van der Waals surface area contributed by atoms with Gasteiger partial charge in [0.2, 0.25) is 0 Å². The highest BCUT2D eigenvalue weighted by atomic mass is 15.2. The Labute approximate surface area is 528 Å². The van der Waals surface area contributed by atoms with E-state index in [2.05, 4.69) is 343 Å². The fourth-order valence-electron chi connectivity index (χ4n) is 15.9. The van der Waals surface area contributed by atoms with Crippen LogP contribution in [0.4, 0.5) is 34.1 Å². The van der Waals surface area contributed by atoms with Crippen LogP contribution < -0.4 is 26.2 Å². The van der Waals surface area contributed by atoms with Crippen LogP contribution in [0.25, 0.3) is 120 Å². The van der Waals surface area contributed by atoms with Gasteiger partial charge in [0.05, 0.1) is 22.1 Å². The smallest absolute Gasteiger partial charge is 0.252 e. The highest BCUT2D eigenvalue weighted by Gasteiger charge is 2.45. The summed E-state index contributed by atoms with van der Waals surface area (Å²) >= 11 is 0. The summed E-state index contributed by atoms with van der Waals surface area (Å²) in [4.78, 5) is 5.20. The zero-order valence-corrected chi connectivity index (χ0v) is 50.7. The minimum absolute atomic E-state index is 0.141. The van der Waals surface area contributed by atoms with Gasteiger partial charge >= 0.3 is 0 Å². The molecule has 0 aliphatic carbocycles. The third-order valence-electron chi connectivity index (χ3n) is 20.0. The normalized spacial score (nSPS) is 12.9. The number of fused-ring (bicyclic) bond motifs is 20. The van der Waals surface area contributed by atoms with Gasteiger partial charge in [-0.3, -0.25) is 0 Å². The lowest BCUT2D eigenvalue weighted by molar-refractivity contribution is 0.590. The molecule has 4 nitrogen and oxygen atoms in total. The van der Waals surface area contributed by atoms with Gasteiger partial charge in [-0.05, 0) is 155 Å². The van der Waals surface area contributed by atoms with E-state index in [9.17, 15) is 0 Å². The summed E-state index contributed by atoms with van der Waals surface area (Å²) in [5.74, 6) is 0. The summed E-state index contributed by atoms with van der Waals surface area (Å²) in [7, 11) is 0. The van der Waals surface area contributed by atoms with Crippen LogP contribution in [0, 0.1) is 0 Å². The maximum absolute atomic E-state index is 2.60. The van der Waals surface area contributed by atoms with Crippen LogP contribution in [0.1, 0.15) is 26.3 Å². The Balaban J connectivity index is 0.919. The zero-order chi connectivity index (χ0) is 60.2. The van der Waals surface area contributed by atoms with Gasteiger partial charge in [-0.2, -0.15) is 0 Å². The molecule has 0 fully saturated rings. The van der Waals surface area contributed by atoms with E-state index in [1.807, 2.05) is 0 Å². The van der Waals surface area contributed by atoms with Gasteiger partial charge in [0.1, 0.15) is 0 Å². The van der Waals surface area contributed by atoms with Crippen LogP contribution in [0.5, 0.6) is 0 Å². The second kappa shape index (κ2) is 19.6. The van der Waals surface area contributed by atoms with Crippen molar-refractivity contribution >= 4 is 144 Å². The van der Waals surface area contributed by atoms with Crippen LogP contribution in [-0.4, -0.2) is 15.8 Å². The number of rotatable bonds is 6. The maximum atomic E-state index is 2.60. The van der Waals surface area contributed by atoms with Gasteiger partial charge < -0.3 is 18.9 Å². The summed E-state index contributed by atoms with van der Waals surface area (Å²) in [6.45, 7) is 6.96. The number of hydrogen-bond donors (Lipinski definition) is 0. The number of aromatic nitrogens is 2. The molecular formula is C86H59BN4. The first-order valence-electron chi connectivity index (χ1n) is 31.9. The van der Waals surface area contributed by atoms with Gasteiger partial charge in [-0.1, -0.05) is 251 Å². The molecule has 91 heavy (non-hydrogen) atoms. The van der Waals surface area contributed by atoms with E-state index in [-0.39, 0.29) is 12.1 Å². The van der Waals surface area contributed by atoms with Crippen molar-refractivity contribution in [1.29, 1.82) is 0 Å². The lowest BCUT2D eigenvalue weighted by atomic mass is 9.33. The van der Waals surface area contributed by atoms with Gasteiger partial charge in [-0.15, -0.1) is 0 Å². The average molecular weight is 1160 g/mol. The van der Waals surface area contributed by atoms with E-state index in [1.54, 1.807) is 0 Å². The standard InChI is InChI=1S/C86H59BN4/c1-86(2,3)58-50-79-83-80(51-58)89(60-44-40-57(41-45-60)55-24-8-5-9-25-55)78-53-62(91-76-37-21-19-35-72(76)82-68-31-15-11-27-64(68)66-29-13-17-33-70(66)85(82)91)47-49-74(78)87(83)73-48-46-61(52-77(73)88(79)59-42-38-56(39-43-59)54-22-6-4-7-23-54)90-75-36-20-18-34-71(75)81-67-30-14-10-26-63(67)65-28-12-16-32-69(65)84(81)90/h4-53H,1-3H3. The van der Waals surface area contributed by atoms with E-state index >= 15 is 0 Å². The molecule has 15 aromatic carbocycles. The molecule has 2 aliphatic rings. The number of para-hydroxylation sites is 2. The number of nitrogens with zero attached hydrogens (tertiary/aromatic N) is 4. The largest absolute Gasteiger partial charge is 0.311 e. The molecule has 17 aromatic rings. The molecule has 0 unspecified atom stereocenters. The SMILES string of the molecule is CC(C)(C)c1cc2c3c(c1)N(c1ccc(-c4ccccc4)cc1)c1cc(-n4c5ccccc5c5c6ccccc6c6ccccc6c54)ccc1B3c1ccc(-n3c4ccccc4c4c5ccccc5c5ccccc5c43)cc1N2c1ccc(-c2ccccc2)cc1. The van der Waals surface area contributed by atoms with Crippen LogP contribution in [0.3, 0.4) is 0 Å². The lowest BCUT2D eigenvalue weighted by Gasteiger charge is -2.45. The van der Waals surface area contributed by atoms with E-state index in [1.165, 1.54) is 142 Å². The topological polar surface area (TPSA) is 16.3 Å². The van der Waals surface area contributed by atoms with E-state index in [0.29, 0.717) is 0 Å². The number of benzene rings is 15. The lowest BCUT2D eigenvalue weighted by Crippen LogP contribution is -2.61. The second-order valence-electron chi connectivity index (χ2n) is 25.9. The molecule has 0 saturated heterocycles. The molecule has 0 N–H and O–H groups in total. The molecule has 0 saturated carbocycles. The van der Waals surface area contributed by atoms with Crippen LogP contribution >= 0.6 is 0 Å². The highest BCUT2D eigenvalue weighted by Crippen LogP contribution is 2.50. The Hall–Kier alpha value is -11.4. The van der Waals surface area contributed by atoms with Gasteiger partial charge in [0.15, 0.2) is 0 Å². The van der Waals surface area contributed by atoms with Crippen molar-refractivity contribution in [2.24, 2.45) is 0 Å². The maximum Gasteiger partial charge on any atom is 0.252 e. The number of anilines is 6. The molecule has 4 heterocycles. The highest BCUT2D eigenvalue weighted by molar-refractivity contribution is 7.00. The number of hydrogen-bond acceptors (Lipinski definition) is 2. The third kappa shape index (κ3) is 7.59. The van der Waals surface area contributed by atoms with Crippen molar-refractivity contribution in [3.05, 3.63) is 309 Å². The predicted molar refractivity (Wildman–Crippen MR) is 389 cm³/mol. The molecule has 0 bridgehead atoms. The van der Waals surface area contributed by atoms with Gasteiger partial charge in [0, 0.05) is 77.8 Å². The van der Waals surface area contributed by atoms with E-state index in [4.69, 9.17) is 0 Å². The molecule has 2 aromatic heterocycles. The zero-order valence-electron chi connectivity index (χ0n) is 50.7. The minimum Gasteiger partial charge on any atom is -0.311 e. The summed E-state index contributed by atoms with van der Waals surface area (Å²) < 4.78 is 5.12. The summed E-state index contributed by atoms with van der Waals surface area (Å²) in [5.41, 5.74) is 23.5. The molecule has 19 rings (SSSR count). The molecule has 0 radical (unpaired) electrons. The van der Waals surface area contributed by atoms with E-state index < -0.39 is 0 Å².